The molecular formula is C49H78N2O17. The van der Waals surface area contributed by atoms with E-state index in [2.05, 4.69) is 5.32 Å². The number of cyclic esters (lactones) is 1. The van der Waals surface area contributed by atoms with Crippen LogP contribution in [0.3, 0.4) is 0 Å². The smallest absolute Gasteiger partial charge is 0.308 e. The molecule has 17 atom stereocenters. The van der Waals surface area contributed by atoms with Gasteiger partial charge in [0, 0.05) is 38.0 Å². The van der Waals surface area contributed by atoms with E-state index in [1.54, 1.807) is 87.6 Å². The minimum atomic E-state index is -2.31. The van der Waals surface area contributed by atoms with Crippen LogP contribution < -0.4 is 11.1 Å². The zero-order valence-corrected chi connectivity index (χ0v) is 39.5. The van der Waals surface area contributed by atoms with Gasteiger partial charge in [-0.05, 0) is 40.0 Å². The van der Waals surface area contributed by atoms with Crippen molar-refractivity contribution in [3.05, 3.63) is 85.1 Å². The predicted molar refractivity (Wildman–Crippen MR) is 250 cm³/mol. The summed E-state index contributed by atoms with van der Waals surface area (Å²) in [5.41, 5.74) is 4.87. The Bertz CT molecular complexity index is 1740. The number of carbonyl (C=O) groups is 2. The lowest BCUT2D eigenvalue weighted by molar-refractivity contribution is -0.304. The van der Waals surface area contributed by atoms with E-state index in [0.29, 0.717) is 0 Å². The van der Waals surface area contributed by atoms with Crippen molar-refractivity contribution in [1.82, 2.24) is 5.32 Å². The van der Waals surface area contributed by atoms with Gasteiger partial charge in [-0.15, -0.1) is 0 Å². The van der Waals surface area contributed by atoms with Gasteiger partial charge in [-0.1, -0.05) is 92.0 Å². The minimum absolute atomic E-state index is 0.103. The van der Waals surface area contributed by atoms with Gasteiger partial charge in [-0.3, -0.25) is 9.59 Å². The lowest BCUT2D eigenvalue weighted by atomic mass is 9.81. The van der Waals surface area contributed by atoms with Crippen molar-refractivity contribution in [2.45, 2.75) is 182 Å². The van der Waals surface area contributed by atoms with Crippen LogP contribution in [0, 0.1) is 11.8 Å². The fraction of sp³-hybridized carbons (Fsp3) is 0.673. The minimum Gasteiger partial charge on any atom is -0.462 e. The van der Waals surface area contributed by atoms with Crippen LogP contribution in [0.4, 0.5) is 0 Å². The number of fused-ring (bicyclic) bond motifs is 2. The Kier molecular flexibility index (Phi) is 25.1. The number of carbonyl (C=O) groups excluding carboxylic acids is 2. The first-order chi connectivity index (χ1) is 32.0. The fourth-order valence-corrected chi connectivity index (χ4v) is 7.97. The lowest BCUT2D eigenvalue weighted by Gasteiger charge is -2.46. The molecule has 7 unspecified atom stereocenters. The summed E-state index contributed by atoms with van der Waals surface area (Å²) in [5.74, 6) is -5.40. The molecule has 0 aromatic heterocycles. The maximum absolute atomic E-state index is 13.8. The molecule has 68 heavy (non-hydrogen) atoms. The second-order valence-electron chi connectivity index (χ2n) is 18.9. The highest BCUT2D eigenvalue weighted by molar-refractivity contribution is 5.80. The van der Waals surface area contributed by atoms with E-state index in [9.17, 15) is 65.8 Å². The molecule has 1 amide bonds. The molecular weight excluding hydrogens is 889 g/mol. The van der Waals surface area contributed by atoms with Crippen LogP contribution in [-0.2, 0) is 28.5 Å². The second kappa shape index (κ2) is 29.0. The highest BCUT2D eigenvalue weighted by Gasteiger charge is 2.51. The molecule has 3 aliphatic rings. The summed E-state index contributed by atoms with van der Waals surface area (Å²) >= 11 is 0. The van der Waals surface area contributed by atoms with Crippen LogP contribution >= 0.6 is 0 Å². The van der Waals surface area contributed by atoms with Gasteiger partial charge in [0.1, 0.15) is 12.2 Å². The van der Waals surface area contributed by atoms with Crippen LogP contribution in [0.25, 0.3) is 0 Å². The topological polar surface area (TPSA) is 332 Å². The summed E-state index contributed by atoms with van der Waals surface area (Å²) in [6.07, 6.45) is 5.16. The van der Waals surface area contributed by atoms with Gasteiger partial charge in [0.2, 0.25) is 5.91 Å². The van der Waals surface area contributed by atoms with Crippen molar-refractivity contribution in [2.24, 2.45) is 17.6 Å². The van der Waals surface area contributed by atoms with Crippen molar-refractivity contribution in [1.29, 1.82) is 0 Å². The quantitative estimate of drug-likeness (QED) is 0.160. The summed E-state index contributed by atoms with van der Waals surface area (Å²) < 4.78 is 23.2. The predicted octanol–water partition coefficient (Wildman–Crippen LogP) is -0.120. The van der Waals surface area contributed by atoms with E-state index in [-0.39, 0.29) is 44.6 Å². The van der Waals surface area contributed by atoms with Gasteiger partial charge in [-0.2, -0.15) is 0 Å². The molecule has 2 fully saturated rings. The zero-order chi connectivity index (χ0) is 50.6. The van der Waals surface area contributed by atoms with E-state index >= 15 is 0 Å². The molecule has 19 heteroatoms. The number of aliphatic hydroxyl groups excluding tert-OH is 10. The monoisotopic (exact) mass is 967 g/mol. The molecule has 386 valence electrons. The molecule has 0 aromatic rings. The van der Waals surface area contributed by atoms with Crippen molar-refractivity contribution in [3.8, 4) is 0 Å². The third kappa shape index (κ3) is 20.9. The average Bonchev–Trinajstić information content (AvgIpc) is 3.24. The summed E-state index contributed by atoms with van der Waals surface area (Å²) in [6, 6.07) is -1.13. The molecule has 0 saturated carbocycles. The van der Waals surface area contributed by atoms with Crippen molar-refractivity contribution < 1.29 is 84.7 Å². The summed E-state index contributed by atoms with van der Waals surface area (Å²) in [4.78, 5) is 26.3. The van der Waals surface area contributed by atoms with Gasteiger partial charge in [0.25, 0.3) is 0 Å². The Morgan fingerprint density at radius 2 is 1.32 bits per heavy atom. The first-order valence-corrected chi connectivity index (χ1v) is 23.4. The van der Waals surface area contributed by atoms with Gasteiger partial charge in [0.15, 0.2) is 12.1 Å². The molecule has 0 spiro atoms. The highest BCUT2D eigenvalue weighted by Crippen LogP contribution is 2.38. The van der Waals surface area contributed by atoms with Crippen LogP contribution in [0.1, 0.15) is 85.5 Å². The third-order valence-electron chi connectivity index (χ3n) is 11.9. The first kappa shape index (κ1) is 58.8. The molecule has 14 N–H and O–H groups in total. The molecule has 2 saturated heterocycles. The van der Waals surface area contributed by atoms with E-state index in [1.807, 2.05) is 25.2 Å². The third-order valence-corrected chi connectivity index (χ3v) is 11.9. The number of nitrogens with one attached hydrogen (secondary N) is 1. The second-order valence-corrected chi connectivity index (χ2v) is 18.9. The SMILES string of the molecule is C[C@H]1C[C@H](O)[C@@H](C)/C=C/C=C/C=C/C=C/C=C/C=C/C=C/C(O[C@@H]2OC[C@@H](O)[C@H](N)[C@@H]2O)C[C@@H]2OC(O)(CC(O)CC(O)C(O)CCC(O)CC(O)CC(=O)O1)C[C@H](O)[C@H]2C(=O)NC(C)(C)CO. The highest BCUT2D eigenvalue weighted by atomic mass is 16.7. The summed E-state index contributed by atoms with van der Waals surface area (Å²) in [5, 5.41) is 121. The number of hydrogen-bond acceptors (Lipinski definition) is 18. The summed E-state index contributed by atoms with van der Waals surface area (Å²) in [6.45, 7) is 5.84. The van der Waals surface area contributed by atoms with Gasteiger partial charge < -0.3 is 86.2 Å². The Balaban J connectivity index is 1.92. The lowest BCUT2D eigenvalue weighted by Crippen LogP contribution is -2.61. The fourth-order valence-electron chi connectivity index (χ4n) is 7.97. The average molecular weight is 967 g/mol. The molecule has 3 rings (SSSR count). The largest absolute Gasteiger partial charge is 0.462 e. The normalized spacial score (nSPS) is 42.0. The maximum atomic E-state index is 13.8. The molecule has 0 radical (unpaired) electrons. The molecule has 3 aliphatic heterocycles. The van der Waals surface area contributed by atoms with Crippen molar-refractivity contribution in [2.75, 3.05) is 13.2 Å². The van der Waals surface area contributed by atoms with Gasteiger partial charge in [-0.25, -0.2) is 0 Å². The Hall–Kier alpha value is -3.48. The van der Waals surface area contributed by atoms with Gasteiger partial charge in [0.05, 0.1) is 98.2 Å². The van der Waals surface area contributed by atoms with E-state index in [4.69, 9.17) is 24.7 Å². The molecule has 0 aromatic carbocycles. The number of esters is 1. The number of nitrogens with two attached hydrogens (primary N) is 1. The first-order valence-electron chi connectivity index (χ1n) is 23.4. The molecule has 2 bridgehead atoms. The van der Waals surface area contributed by atoms with Crippen molar-refractivity contribution in [3.63, 3.8) is 0 Å². The number of amides is 1. The Labute approximate surface area is 399 Å². The van der Waals surface area contributed by atoms with Gasteiger partial charge >= 0.3 is 5.97 Å². The Morgan fingerprint density at radius 3 is 1.93 bits per heavy atom. The number of aliphatic hydroxyl groups is 11. The van der Waals surface area contributed by atoms with Crippen LogP contribution in [0.15, 0.2) is 85.1 Å². The maximum Gasteiger partial charge on any atom is 0.308 e. The van der Waals surface area contributed by atoms with Crippen molar-refractivity contribution >= 4 is 11.9 Å². The molecule has 19 nitrogen and oxygen atoms in total. The van der Waals surface area contributed by atoms with E-state index < -0.39 is 147 Å². The number of rotatable bonds is 5. The molecule has 0 aliphatic carbocycles. The van der Waals surface area contributed by atoms with E-state index in [0.717, 1.165) is 0 Å². The number of ether oxygens (including phenoxy) is 4. The number of hydrogen-bond donors (Lipinski definition) is 13. The zero-order valence-electron chi connectivity index (χ0n) is 39.5. The standard InChI is InChI=1S/C49H78N2O17/c1-30-17-15-13-11-9-7-5-6-8-10-12-14-16-18-35(67-47-45(62)44(50)40(60)28-65-47)25-41-43(46(63)51-48(3,4)29-52)39(59)27-49(64,68-41)26-34(55)23-38(58)36(56)20-19-32(53)22-33(54)24-42(61)66-31(2)21-37(30)57/h5-18,30-41,43-45,47,52-60,62,64H,19-29,50H2,1-4H3,(H,51,63)/b6-5+,9-7+,10-8+,13-11+,14-12+,17-15+,18-16+/t30-,31-,32?,33?,34?,35?,36?,37-,38?,39-,40+,41-,43+,44-,45-,47-,49?/m0/s1. The van der Waals surface area contributed by atoms with E-state index in [1.165, 1.54) is 0 Å². The van der Waals surface area contributed by atoms with Crippen LogP contribution in [0.5, 0.6) is 0 Å². The molecule has 3 heterocycles. The van der Waals surface area contributed by atoms with Crippen LogP contribution in [0.2, 0.25) is 0 Å². The Morgan fingerprint density at radius 1 is 0.735 bits per heavy atom. The summed E-state index contributed by atoms with van der Waals surface area (Å²) in [7, 11) is 0. The van der Waals surface area contributed by atoms with Crippen LogP contribution in [-0.4, -0.2) is 178 Å². The number of allylic oxidation sites excluding steroid dienone is 12.